The molecule has 2 aliphatic heterocycles. The fourth-order valence-electron chi connectivity index (χ4n) is 3.82. The molecular weight excluding hydrogens is 252 g/mol. The molecule has 2 bridgehead atoms. The third kappa shape index (κ3) is 2.35. The largest absolute Gasteiger partial charge is 0.458 e. The van der Waals surface area contributed by atoms with Gasteiger partial charge in [0.2, 0.25) is 0 Å². The van der Waals surface area contributed by atoms with E-state index in [0.29, 0.717) is 5.56 Å². The van der Waals surface area contributed by atoms with Crippen LogP contribution in [0.1, 0.15) is 50.4 Å². The van der Waals surface area contributed by atoms with Gasteiger partial charge < -0.3 is 9.47 Å². The van der Waals surface area contributed by atoms with Gasteiger partial charge in [-0.3, -0.25) is 0 Å². The third-order valence-corrected chi connectivity index (χ3v) is 4.74. The van der Waals surface area contributed by atoms with Gasteiger partial charge in [0.1, 0.15) is 6.10 Å². The van der Waals surface area contributed by atoms with Crippen LogP contribution in [0.4, 0.5) is 0 Å². The molecule has 1 aromatic rings. The molecule has 0 unspecified atom stereocenters. The molecule has 20 heavy (non-hydrogen) atoms. The number of hydrogen-bond donors (Lipinski definition) is 0. The van der Waals surface area contributed by atoms with Crippen molar-refractivity contribution in [1.82, 2.24) is 0 Å². The maximum atomic E-state index is 12.2. The van der Waals surface area contributed by atoms with Crippen LogP contribution in [-0.2, 0) is 9.47 Å². The predicted octanol–water partition coefficient (Wildman–Crippen LogP) is 3.58. The predicted molar refractivity (Wildman–Crippen MR) is 76.6 cm³/mol. The average Bonchev–Trinajstić information content (AvgIpc) is 2.37. The van der Waals surface area contributed by atoms with Gasteiger partial charge in [-0.05, 0) is 45.7 Å². The highest BCUT2D eigenvalue weighted by atomic mass is 16.6. The quantitative estimate of drug-likeness (QED) is 0.773. The van der Waals surface area contributed by atoms with Gasteiger partial charge in [-0.25, -0.2) is 4.79 Å². The second-order valence-corrected chi connectivity index (χ2v) is 6.81. The first-order valence-electron chi connectivity index (χ1n) is 7.36. The van der Waals surface area contributed by atoms with Crippen molar-refractivity contribution < 1.29 is 14.3 Å². The molecule has 0 aromatic heterocycles. The molecule has 0 amide bonds. The van der Waals surface area contributed by atoms with E-state index in [-0.39, 0.29) is 29.2 Å². The van der Waals surface area contributed by atoms with Gasteiger partial charge in [0, 0.05) is 12.3 Å². The molecular formula is C17H22O3. The number of rotatable bonds is 2. The lowest BCUT2D eigenvalue weighted by Crippen LogP contribution is -2.60. The van der Waals surface area contributed by atoms with Crippen molar-refractivity contribution in [2.75, 3.05) is 0 Å². The minimum absolute atomic E-state index is 0.0368. The monoisotopic (exact) mass is 274 g/mol. The van der Waals surface area contributed by atoms with Gasteiger partial charge in [-0.15, -0.1) is 0 Å². The Kier molecular flexibility index (Phi) is 3.13. The van der Waals surface area contributed by atoms with Crippen LogP contribution in [0.3, 0.4) is 0 Å². The molecule has 0 N–H and O–H groups in total. The molecule has 4 rings (SSSR count). The molecule has 1 saturated carbocycles. The minimum atomic E-state index is -0.220. The molecule has 1 aliphatic carbocycles. The van der Waals surface area contributed by atoms with E-state index < -0.39 is 0 Å². The summed E-state index contributed by atoms with van der Waals surface area (Å²) in [6.45, 7) is 6.35. The summed E-state index contributed by atoms with van der Waals surface area (Å²) in [5.74, 6) is 0.0690. The number of ether oxygens (including phenoxy) is 2. The number of fused-ring (bicyclic) bond motifs is 3. The summed E-state index contributed by atoms with van der Waals surface area (Å²) < 4.78 is 12.0. The Hall–Kier alpha value is -1.35. The summed E-state index contributed by atoms with van der Waals surface area (Å²) in [5.41, 5.74) is 0.255. The normalized spacial score (nSPS) is 34.8. The van der Waals surface area contributed by atoms with E-state index in [9.17, 15) is 4.79 Å². The highest BCUT2D eigenvalue weighted by Crippen LogP contribution is 2.50. The van der Waals surface area contributed by atoms with Crippen LogP contribution in [0, 0.1) is 5.92 Å². The van der Waals surface area contributed by atoms with Crippen LogP contribution in [0.5, 0.6) is 0 Å². The lowest BCUT2D eigenvalue weighted by atomic mass is 9.67. The minimum Gasteiger partial charge on any atom is -0.458 e. The standard InChI is InChI=1S/C17H22O3/c1-16(2)13-9-10-17(3,20-16)11-14(13)19-15(18)12-7-5-4-6-8-12/h4-8,13-14H,9-11H2,1-3H3/t13-,14+,17+/m1/s1. The van der Waals surface area contributed by atoms with Gasteiger partial charge in [0.25, 0.3) is 0 Å². The summed E-state index contributed by atoms with van der Waals surface area (Å²) in [5, 5.41) is 0. The Morgan fingerprint density at radius 2 is 1.95 bits per heavy atom. The maximum absolute atomic E-state index is 12.2. The maximum Gasteiger partial charge on any atom is 0.338 e. The van der Waals surface area contributed by atoms with Gasteiger partial charge in [-0.1, -0.05) is 18.2 Å². The number of benzene rings is 1. The lowest BCUT2D eigenvalue weighted by molar-refractivity contribution is -0.262. The number of carbonyl (C=O) groups is 1. The Labute approximate surface area is 120 Å². The molecule has 0 spiro atoms. The lowest BCUT2D eigenvalue weighted by Gasteiger charge is -2.56. The Morgan fingerprint density at radius 3 is 2.55 bits per heavy atom. The van der Waals surface area contributed by atoms with Crippen LogP contribution >= 0.6 is 0 Å². The molecule has 3 aliphatic rings. The van der Waals surface area contributed by atoms with Gasteiger partial charge >= 0.3 is 5.97 Å². The van der Waals surface area contributed by atoms with E-state index >= 15 is 0 Å². The smallest absolute Gasteiger partial charge is 0.338 e. The molecule has 3 heteroatoms. The highest BCUT2D eigenvalue weighted by Gasteiger charge is 2.54. The summed E-state index contributed by atoms with van der Waals surface area (Å²) >= 11 is 0. The Morgan fingerprint density at radius 1 is 1.25 bits per heavy atom. The molecule has 2 heterocycles. The van der Waals surface area contributed by atoms with E-state index in [1.165, 1.54) is 0 Å². The summed E-state index contributed by atoms with van der Waals surface area (Å²) in [4.78, 5) is 12.2. The first-order valence-corrected chi connectivity index (χ1v) is 7.36. The SMILES string of the molecule is CC1(C)O[C@@]2(C)CC[C@@H]1[C@@H](OC(=O)c1ccccc1)C2. The van der Waals surface area contributed by atoms with Crippen molar-refractivity contribution >= 4 is 5.97 Å². The van der Waals surface area contributed by atoms with Crippen molar-refractivity contribution in [2.24, 2.45) is 5.92 Å². The molecule has 108 valence electrons. The first-order chi connectivity index (χ1) is 9.40. The number of hydrogen-bond acceptors (Lipinski definition) is 3. The van der Waals surface area contributed by atoms with Crippen molar-refractivity contribution in [3.8, 4) is 0 Å². The third-order valence-electron chi connectivity index (χ3n) is 4.74. The van der Waals surface area contributed by atoms with Crippen LogP contribution in [0.25, 0.3) is 0 Å². The summed E-state index contributed by atoms with van der Waals surface area (Å²) in [6, 6.07) is 9.22. The zero-order valence-electron chi connectivity index (χ0n) is 12.4. The summed E-state index contributed by atoms with van der Waals surface area (Å²) in [6.07, 6.45) is 2.89. The van der Waals surface area contributed by atoms with Crippen LogP contribution in [-0.4, -0.2) is 23.3 Å². The average molecular weight is 274 g/mol. The zero-order valence-corrected chi connectivity index (χ0v) is 12.4. The Bertz CT molecular complexity index is 505. The van der Waals surface area contributed by atoms with Crippen molar-refractivity contribution in [2.45, 2.75) is 57.3 Å². The van der Waals surface area contributed by atoms with E-state index in [4.69, 9.17) is 9.47 Å². The van der Waals surface area contributed by atoms with Crippen LogP contribution in [0.15, 0.2) is 30.3 Å². The second-order valence-electron chi connectivity index (χ2n) is 6.81. The van der Waals surface area contributed by atoms with Crippen molar-refractivity contribution in [3.63, 3.8) is 0 Å². The summed E-state index contributed by atoms with van der Waals surface area (Å²) in [7, 11) is 0. The van der Waals surface area contributed by atoms with Crippen molar-refractivity contribution in [3.05, 3.63) is 35.9 Å². The second kappa shape index (κ2) is 4.59. The first kappa shape index (κ1) is 13.6. The van der Waals surface area contributed by atoms with Gasteiger partial charge in [0.15, 0.2) is 0 Å². The van der Waals surface area contributed by atoms with Gasteiger partial charge in [-0.2, -0.15) is 0 Å². The van der Waals surface area contributed by atoms with E-state index in [1.807, 2.05) is 18.2 Å². The molecule has 3 fully saturated rings. The van der Waals surface area contributed by atoms with E-state index in [1.54, 1.807) is 12.1 Å². The Balaban J connectivity index is 1.77. The van der Waals surface area contributed by atoms with E-state index in [2.05, 4.69) is 20.8 Å². The molecule has 3 atom stereocenters. The van der Waals surface area contributed by atoms with Crippen LogP contribution < -0.4 is 0 Å². The zero-order chi connectivity index (χ0) is 14.4. The van der Waals surface area contributed by atoms with Crippen LogP contribution in [0.2, 0.25) is 0 Å². The highest BCUT2D eigenvalue weighted by molar-refractivity contribution is 5.89. The van der Waals surface area contributed by atoms with Gasteiger partial charge in [0.05, 0.1) is 16.8 Å². The number of esters is 1. The molecule has 0 radical (unpaired) electrons. The topological polar surface area (TPSA) is 35.5 Å². The fraction of sp³-hybridized carbons (Fsp3) is 0.588. The number of carbonyl (C=O) groups excluding carboxylic acids is 1. The molecule has 2 saturated heterocycles. The van der Waals surface area contributed by atoms with Crippen molar-refractivity contribution in [1.29, 1.82) is 0 Å². The fourth-order valence-corrected chi connectivity index (χ4v) is 3.82. The molecule has 3 nitrogen and oxygen atoms in total. The van der Waals surface area contributed by atoms with E-state index in [0.717, 1.165) is 19.3 Å². The molecule has 1 aromatic carbocycles.